The summed E-state index contributed by atoms with van der Waals surface area (Å²) in [5.74, 6) is -8.16. The summed E-state index contributed by atoms with van der Waals surface area (Å²) in [6.45, 7) is 8.33. The summed E-state index contributed by atoms with van der Waals surface area (Å²) in [6.07, 6.45) is 5.42. The maximum Gasteiger partial charge on any atom is 0.245 e. The summed E-state index contributed by atoms with van der Waals surface area (Å²) < 4.78 is 0. The Morgan fingerprint density at radius 2 is 1.13 bits per heavy atom. The van der Waals surface area contributed by atoms with Crippen LogP contribution in [0.2, 0.25) is 0 Å². The highest BCUT2D eigenvalue weighted by Gasteiger charge is 2.42. The van der Waals surface area contributed by atoms with Crippen LogP contribution in [0.5, 0.6) is 5.75 Å². The number of imidazole rings is 1. The molecule has 482 valence electrons. The Morgan fingerprint density at radius 1 is 0.618 bits per heavy atom. The number of phenols is 1. The average Bonchev–Trinajstić information content (AvgIpc) is 2.29. The SMILES string of the molecule is CC(C)C[C@@H]1NC(=O)[C@@H](CC(C)C)NC(=O)[C@H](Cc2ccc(O)cc2)NC(=O)[C@H](CO)NC(=O)[C@H](Cc2c[nH]c3ccccc23)NC(=O)[C@H](Cc2cnc[nH]2)NC(=O)[C@@H]2CCCN2C(=O)CC(C)NC(=O)[C@@H]2CCCN2C(=O)[C@H](CCCN=C(N)N)NC1=O. The molecule has 28 nitrogen and oxygen atoms in total. The van der Waals surface area contributed by atoms with Gasteiger partial charge in [0.2, 0.25) is 59.1 Å². The summed E-state index contributed by atoms with van der Waals surface area (Å²) in [7, 11) is 0. The molecule has 0 saturated carbocycles. The average molecular weight is 1240 g/mol. The van der Waals surface area contributed by atoms with E-state index < -0.39 is 126 Å². The molecule has 3 fully saturated rings. The predicted molar refractivity (Wildman–Crippen MR) is 327 cm³/mol. The van der Waals surface area contributed by atoms with Crippen LogP contribution >= 0.6 is 0 Å². The highest BCUT2D eigenvalue weighted by Crippen LogP contribution is 2.24. The van der Waals surface area contributed by atoms with Gasteiger partial charge < -0.3 is 84.0 Å². The first-order valence-electron chi connectivity index (χ1n) is 30.5. The van der Waals surface area contributed by atoms with Crippen LogP contribution in [0.4, 0.5) is 0 Å². The first kappa shape index (κ1) is 67.4. The number of fused-ring (bicyclic) bond motifs is 3. The molecule has 0 aliphatic carbocycles. The van der Waals surface area contributed by atoms with E-state index >= 15 is 0 Å². The summed E-state index contributed by atoms with van der Waals surface area (Å²) in [5, 5.41) is 43.7. The molecular formula is C61H86N16O12. The number of aliphatic hydroxyl groups excluding tert-OH is 1. The normalized spacial score (nSPS) is 25.4. The van der Waals surface area contributed by atoms with E-state index in [4.69, 9.17) is 11.5 Å². The number of aliphatic imine (C=N–C) groups is 1. The van der Waals surface area contributed by atoms with Gasteiger partial charge in [-0.2, -0.15) is 0 Å². The number of benzene rings is 2. The van der Waals surface area contributed by atoms with E-state index in [-0.39, 0.29) is 107 Å². The minimum absolute atomic E-state index is 0.0190. The van der Waals surface area contributed by atoms with Gasteiger partial charge in [-0.1, -0.05) is 58.0 Å². The highest BCUT2D eigenvalue weighted by molar-refractivity contribution is 5.99. The molecule has 16 N–H and O–H groups in total. The smallest absolute Gasteiger partial charge is 0.245 e. The van der Waals surface area contributed by atoms with Crippen molar-refractivity contribution in [2.24, 2.45) is 28.3 Å². The first-order chi connectivity index (χ1) is 42.5. The van der Waals surface area contributed by atoms with E-state index in [1.165, 1.54) is 46.6 Å². The topological polar surface area (TPSA) is 423 Å². The molecule has 2 aromatic carbocycles. The standard InChI is InChI=1S/C61H86N16O12/c1-33(2)23-43-52(81)69-42(13-8-20-65-61(62)63)60(89)77-22-10-15-50(77)58(87)68-35(5)25-51(80)76-21-9-14-49(76)59(88)74-47(28-38-30-64-32-67-38)56(85)73-46(27-37-29-66-41-12-7-6-11-40(37)41)55(84)75-48(31-78)57(86)72-45(26-36-16-18-39(79)19-17-36)54(83)71-44(24-34(3)4)53(82)70-43/h6-7,11-12,16-19,29-30,32-35,42-50,66,78-79H,8-10,13-15,20-28,31H2,1-5H3,(H,64,67)(H,68,87)(H,69,81)(H,70,82)(H,71,83)(H,72,86)(H,73,85)(H,74,88)(H,75,84)(H4,62,63,65)/t35?,42-,43-,44+,45-,46-,47-,48-,49-,50-/m0/s1. The van der Waals surface area contributed by atoms with E-state index in [0.717, 1.165) is 0 Å². The number of para-hydroxylation sites is 1. The number of phenolic OH excluding ortho intramolecular Hbond substituents is 1. The maximum absolute atomic E-state index is 14.8. The molecular weight excluding hydrogens is 1150 g/mol. The van der Waals surface area contributed by atoms with Crippen molar-refractivity contribution in [1.29, 1.82) is 0 Å². The van der Waals surface area contributed by atoms with Crippen molar-refractivity contribution >= 4 is 75.9 Å². The van der Waals surface area contributed by atoms with Crippen LogP contribution in [0.3, 0.4) is 0 Å². The molecule has 3 saturated heterocycles. The van der Waals surface area contributed by atoms with Gasteiger partial charge in [-0.15, -0.1) is 0 Å². The van der Waals surface area contributed by atoms with E-state index in [9.17, 15) is 58.2 Å². The molecule has 89 heavy (non-hydrogen) atoms. The molecule has 3 aliphatic heterocycles. The number of aromatic nitrogens is 3. The zero-order valence-electron chi connectivity index (χ0n) is 51.0. The van der Waals surface area contributed by atoms with Gasteiger partial charge in [-0.25, -0.2) is 4.98 Å². The fourth-order valence-corrected chi connectivity index (χ4v) is 11.5. The van der Waals surface area contributed by atoms with Crippen molar-refractivity contribution in [2.45, 2.75) is 172 Å². The first-order valence-corrected chi connectivity index (χ1v) is 30.5. The Labute approximate surface area is 516 Å². The van der Waals surface area contributed by atoms with E-state index in [0.29, 0.717) is 40.6 Å². The molecule has 10 atom stereocenters. The number of nitrogens with zero attached hydrogens (tertiary/aromatic N) is 4. The molecule has 28 heteroatoms. The van der Waals surface area contributed by atoms with Gasteiger partial charge in [0.05, 0.1) is 12.9 Å². The molecule has 1 unspecified atom stereocenters. The molecule has 10 amide bonds. The Hall–Kier alpha value is -9.08. The molecule has 4 aromatic rings. The number of carbonyl (C=O) groups is 10. The number of H-pyrrole nitrogens is 2. The monoisotopic (exact) mass is 1230 g/mol. The molecule has 0 bridgehead atoms. The zero-order chi connectivity index (χ0) is 64.5. The second kappa shape index (κ2) is 31.7. The summed E-state index contributed by atoms with van der Waals surface area (Å²) in [6, 6.07) is 0.192. The van der Waals surface area contributed by atoms with Gasteiger partial charge in [-0.3, -0.25) is 52.9 Å². The Morgan fingerprint density at radius 3 is 1.73 bits per heavy atom. The third-order valence-corrected chi connectivity index (χ3v) is 16.0. The Kier molecular flexibility index (Phi) is 24.0. The molecule has 7 rings (SSSR count). The van der Waals surface area contributed by atoms with Crippen LogP contribution in [-0.2, 0) is 67.2 Å². The lowest BCUT2D eigenvalue weighted by molar-refractivity contribution is -0.142. The number of hydrogen-bond acceptors (Lipinski definition) is 14. The van der Waals surface area contributed by atoms with Gasteiger partial charge in [0.1, 0.15) is 60.1 Å². The number of hydrogen-bond donors (Lipinski definition) is 14. The highest BCUT2D eigenvalue weighted by atomic mass is 16.3. The second-order valence-electron chi connectivity index (χ2n) is 24.1. The van der Waals surface area contributed by atoms with Crippen molar-refractivity contribution in [1.82, 2.24) is 67.3 Å². The summed E-state index contributed by atoms with van der Waals surface area (Å²) >= 11 is 0. The molecule has 0 radical (unpaired) electrons. The minimum atomic E-state index is -1.75. The number of amides is 10. The molecule has 0 spiro atoms. The number of carbonyl (C=O) groups excluding carboxylic acids is 10. The summed E-state index contributed by atoms with van der Waals surface area (Å²) in [4.78, 5) is 162. The Balaban J connectivity index is 1.26. The minimum Gasteiger partial charge on any atom is -0.508 e. The lowest BCUT2D eigenvalue weighted by Crippen LogP contribution is -2.61. The third kappa shape index (κ3) is 19.0. The van der Waals surface area contributed by atoms with Crippen molar-refractivity contribution in [3.8, 4) is 5.75 Å². The van der Waals surface area contributed by atoms with Crippen LogP contribution in [0.1, 0.15) is 109 Å². The summed E-state index contributed by atoms with van der Waals surface area (Å²) in [5.41, 5.74) is 13.4. The van der Waals surface area contributed by atoms with Gasteiger partial charge in [-0.05, 0) is 99.5 Å². The van der Waals surface area contributed by atoms with Crippen LogP contribution < -0.4 is 54.0 Å². The lowest BCUT2D eigenvalue weighted by atomic mass is 9.98. The van der Waals surface area contributed by atoms with Crippen molar-refractivity contribution in [3.05, 3.63) is 84.1 Å². The quantitative estimate of drug-likeness (QED) is 0.0388. The number of aliphatic hydroxyl groups is 1. The van der Waals surface area contributed by atoms with Gasteiger partial charge in [0.15, 0.2) is 5.96 Å². The number of nitrogens with two attached hydrogens (primary N) is 2. The molecule has 2 aromatic heterocycles. The second-order valence-corrected chi connectivity index (χ2v) is 24.1. The lowest BCUT2D eigenvalue weighted by Gasteiger charge is -2.31. The van der Waals surface area contributed by atoms with Crippen LogP contribution in [0.15, 0.2) is 72.2 Å². The van der Waals surface area contributed by atoms with Crippen molar-refractivity contribution < 1.29 is 58.2 Å². The number of guanidine groups is 1. The van der Waals surface area contributed by atoms with Crippen LogP contribution in [0.25, 0.3) is 10.9 Å². The predicted octanol–water partition coefficient (Wildman–Crippen LogP) is -0.953. The number of nitrogens with one attached hydrogen (secondary N) is 10. The van der Waals surface area contributed by atoms with Crippen LogP contribution in [-0.4, -0.2) is 187 Å². The van der Waals surface area contributed by atoms with Crippen LogP contribution in [0, 0.1) is 11.8 Å². The fourth-order valence-electron chi connectivity index (χ4n) is 11.5. The maximum atomic E-state index is 14.8. The number of rotatable bonds is 15. The molecule has 5 heterocycles. The van der Waals surface area contributed by atoms with Gasteiger partial charge in [0.25, 0.3) is 0 Å². The molecule has 3 aliphatic rings. The van der Waals surface area contributed by atoms with E-state index in [2.05, 4.69) is 62.5 Å². The van der Waals surface area contributed by atoms with Crippen molar-refractivity contribution in [2.75, 3.05) is 26.2 Å². The van der Waals surface area contributed by atoms with Gasteiger partial charge >= 0.3 is 0 Å². The largest absolute Gasteiger partial charge is 0.508 e. The number of aromatic hydroxyl groups is 1. The van der Waals surface area contributed by atoms with E-state index in [1.807, 2.05) is 45.9 Å². The Bertz CT molecular complexity index is 3160. The third-order valence-electron chi connectivity index (χ3n) is 16.0. The van der Waals surface area contributed by atoms with Crippen molar-refractivity contribution in [3.63, 3.8) is 0 Å². The fraction of sp³-hybridized carbons (Fsp3) is 0.541. The number of aromatic amines is 2. The zero-order valence-corrected chi connectivity index (χ0v) is 51.0. The van der Waals surface area contributed by atoms with E-state index in [1.54, 1.807) is 19.2 Å². The van der Waals surface area contributed by atoms with Gasteiger partial charge in [0, 0.05) is 80.3 Å².